The van der Waals surface area contributed by atoms with Crippen LogP contribution >= 0.6 is 11.6 Å². The van der Waals surface area contributed by atoms with Crippen molar-refractivity contribution in [2.24, 2.45) is 0 Å². The number of fused-ring (bicyclic) bond motifs is 1. The normalized spacial score (nSPS) is 11.0. The highest BCUT2D eigenvalue weighted by molar-refractivity contribution is 6.31. The van der Waals surface area contributed by atoms with Gasteiger partial charge in [0.15, 0.2) is 0 Å². The fourth-order valence-corrected chi connectivity index (χ4v) is 4.82. The summed E-state index contributed by atoms with van der Waals surface area (Å²) in [6, 6.07) is 26.1. The topological polar surface area (TPSA) is 105 Å². The van der Waals surface area contributed by atoms with Gasteiger partial charge in [0.1, 0.15) is 23.8 Å². The number of pyridine rings is 1. The van der Waals surface area contributed by atoms with E-state index in [2.05, 4.69) is 20.9 Å². The van der Waals surface area contributed by atoms with Crippen LogP contribution < -0.4 is 20.7 Å². The molecule has 0 aliphatic heterocycles. The van der Waals surface area contributed by atoms with E-state index in [9.17, 15) is 9.18 Å². The molecule has 9 nitrogen and oxygen atoms in total. The molecule has 0 spiro atoms. The van der Waals surface area contributed by atoms with Crippen molar-refractivity contribution in [2.45, 2.75) is 0 Å². The monoisotopic (exact) mass is 607 g/mol. The van der Waals surface area contributed by atoms with Crippen molar-refractivity contribution < 1.29 is 13.9 Å². The summed E-state index contributed by atoms with van der Waals surface area (Å²) in [4.78, 5) is 27.2. The molecule has 220 valence electrons. The molecule has 0 aliphatic rings. The first kappa shape index (κ1) is 28.8. The van der Waals surface area contributed by atoms with E-state index < -0.39 is 11.7 Å². The largest absolute Gasteiger partial charge is 0.492 e. The van der Waals surface area contributed by atoms with E-state index in [0.717, 1.165) is 18.0 Å². The fourth-order valence-electron chi connectivity index (χ4n) is 4.65. The van der Waals surface area contributed by atoms with E-state index >= 15 is 0 Å². The molecule has 6 rings (SSSR count). The van der Waals surface area contributed by atoms with E-state index in [1.807, 2.05) is 66.2 Å². The molecule has 0 radical (unpaired) electrons. The zero-order chi connectivity index (χ0) is 30.5. The summed E-state index contributed by atoms with van der Waals surface area (Å²) in [5.41, 5.74) is 4.43. The molecular weight excluding hydrogens is 581 g/mol. The quantitative estimate of drug-likeness (QED) is 0.146. The van der Waals surface area contributed by atoms with Gasteiger partial charge in [-0.25, -0.2) is 19.3 Å². The second-order valence-corrected chi connectivity index (χ2v) is 10.2. The molecule has 0 saturated carbocycles. The molecule has 1 amide bonds. The van der Waals surface area contributed by atoms with Crippen LogP contribution in [0.1, 0.15) is 10.4 Å². The number of hydrogen-bond acceptors (Lipinski definition) is 7. The molecule has 11 heteroatoms. The van der Waals surface area contributed by atoms with Gasteiger partial charge in [0.2, 0.25) is 5.95 Å². The molecule has 3 aromatic carbocycles. The zero-order valence-corrected chi connectivity index (χ0v) is 24.3. The number of benzene rings is 3. The van der Waals surface area contributed by atoms with Crippen LogP contribution in [0.2, 0.25) is 5.02 Å². The van der Waals surface area contributed by atoms with Gasteiger partial charge in [0, 0.05) is 46.8 Å². The molecular formula is C33H27ClFN7O2. The van der Waals surface area contributed by atoms with E-state index in [1.165, 1.54) is 18.2 Å². The zero-order valence-electron chi connectivity index (χ0n) is 23.6. The minimum absolute atomic E-state index is 0.00240. The second kappa shape index (κ2) is 12.9. The van der Waals surface area contributed by atoms with Crippen LogP contribution in [-0.2, 0) is 0 Å². The molecule has 3 heterocycles. The fraction of sp³-hybridized carbons (Fsp3) is 0.0909. The summed E-state index contributed by atoms with van der Waals surface area (Å²) in [6.45, 7) is 1.28. The maximum absolute atomic E-state index is 14.3. The van der Waals surface area contributed by atoms with Gasteiger partial charge in [-0.2, -0.15) is 0 Å². The Morgan fingerprint density at radius 2 is 1.86 bits per heavy atom. The standard InChI is InChI=1S/C33H27ClFN7O2/c1-36-15-17-44-25-9-5-8-24(20-25)38-33-37-14-13-27(40-33)31-30(41-29-10-2-3-16-42(29)31)21-6-4-7-22(18-21)32(43)39-28-19-23(34)11-12-26(28)35/h2-14,16,18-20,36H,15,17H2,1H3,(H,39,43)(H,37,38,40). The molecule has 0 saturated heterocycles. The lowest BCUT2D eigenvalue weighted by Gasteiger charge is -2.11. The number of imidazole rings is 1. The Balaban J connectivity index is 1.33. The van der Waals surface area contributed by atoms with Gasteiger partial charge in [0.05, 0.1) is 22.8 Å². The molecule has 44 heavy (non-hydrogen) atoms. The maximum atomic E-state index is 14.3. The number of amides is 1. The Bertz CT molecular complexity index is 1960. The number of anilines is 3. The van der Waals surface area contributed by atoms with Crippen molar-refractivity contribution in [2.75, 3.05) is 30.8 Å². The average Bonchev–Trinajstić information content (AvgIpc) is 3.43. The Morgan fingerprint density at radius 3 is 2.75 bits per heavy atom. The summed E-state index contributed by atoms with van der Waals surface area (Å²) in [5, 5.41) is 9.23. The number of hydrogen-bond donors (Lipinski definition) is 3. The summed E-state index contributed by atoms with van der Waals surface area (Å²) in [5.74, 6) is 0.0580. The van der Waals surface area contributed by atoms with Crippen LogP contribution in [0.5, 0.6) is 5.75 Å². The molecule has 3 aromatic heterocycles. The number of ether oxygens (including phenoxy) is 1. The maximum Gasteiger partial charge on any atom is 0.255 e. The van der Waals surface area contributed by atoms with E-state index in [-0.39, 0.29) is 5.69 Å². The first-order chi connectivity index (χ1) is 21.5. The van der Waals surface area contributed by atoms with Gasteiger partial charge in [-0.1, -0.05) is 35.9 Å². The predicted molar refractivity (Wildman–Crippen MR) is 170 cm³/mol. The van der Waals surface area contributed by atoms with Gasteiger partial charge in [-0.15, -0.1) is 0 Å². The number of nitrogens with one attached hydrogen (secondary N) is 3. The van der Waals surface area contributed by atoms with Gasteiger partial charge >= 0.3 is 0 Å². The number of carbonyl (C=O) groups is 1. The first-order valence-electron chi connectivity index (χ1n) is 13.8. The summed E-state index contributed by atoms with van der Waals surface area (Å²) in [6.07, 6.45) is 3.58. The number of nitrogens with zero attached hydrogens (tertiary/aromatic N) is 4. The van der Waals surface area contributed by atoms with E-state index in [0.29, 0.717) is 51.4 Å². The minimum atomic E-state index is -0.581. The molecule has 0 fully saturated rings. The molecule has 0 atom stereocenters. The van der Waals surface area contributed by atoms with Crippen molar-refractivity contribution in [3.63, 3.8) is 0 Å². The summed E-state index contributed by atoms with van der Waals surface area (Å²) >= 11 is 6.00. The molecule has 3 N–H and O–H groups in total. The van der Waals surface area contributed by atoms with Crippen LogP contribution in [0.15, 0.2) is 103 Å². The highest BCUT2D eigenvalue weighted by Crippen LogP contribution is 2.33. The van der Waals surface area contributed by atoms with Crippen molar-refractivity contribution in [1.29, 1.82) is 0 Å². The van der Waals surface area contributed by atoms with Crippen LogP contribution in [0, 0.1) is 5.82 Å². The van der Waals surface area contributed by atoms with E-state index in [4.69, 9.17) is 26.3 Å². The predicted octanol–water partition coefficient (Wildman–Crippen LogP) is 6.84. The number of carbonyl (C=O) groups excluding carboxylic acids is 1. The smallest absolute Gasteiger partial charge is 0.255 e. The summed E-state index contributed by atoms with van der Waals surface area (Å²) < 4.78 is 22.0. The summed E-state index contributed by atoms with van der Waals surface area (Å²) in [7, 11) is 1.87. The Hall–Kier alpha value is -5.32. The highest BCUT2D eigenvalue weighted by atomic mass is 35.5. The van der Waals surface area contributed by atoms with Crippen LogP contribution in [0.4, 0.5) is 21.7 Å². The third kappa shape index (κ3) is 6.36. The second-order valence-electron chi connectivity index (χ2n) is 9.77. The van der Waals surface area contributed by atoms with E-state index in [1.54, 1.807) is 30.5 Å². The average molecular weight is 608 g/mol. The lowest BCUT2D eigenvalue weighted by Crippen LogP contribution is -2.15. The number of aromatic nitrogens is 4. The Labute approximate surface area is 257 Å². The third-order valence-corrected chi connectivity index (χ3v) is 6.95. The first-order valence-corrected chi connectivity index (χ1v) is 14.2. The van der Waals surface area contributed by atoms with Crippen molar-refractivity contribution in [3.05, 3.63) is 120 Å². The van der Waals surface area contributed by atoms with Crippen molar-refractivity contribution in [3.8, 4) is 28.4 Å². The molecule has 0 bridgehead atoms. The van der Waals surface area contributed by atoms with Crippen LogP contribution in [-0.4, -0.2) is 45.5 Å². The molecule has 0 unspecified atom stereocenters. The van der Waals surface area contributed by atoms with Gasteiger partial charge < -0.3 is 20.7 Å². The van der Waals surface area contributed by atoms with Crippen molar-refractivity contribution in [1.82, 2.24) is 24.7 Å². The van der Waals surface area contributed by atoms with Gasteiger partial charge in [0.25, 0.3) is 5.91 Å². The number of rotatable bonds is 10. The number of likely N-dealkylation sites (N-methyl/N-ethyl adjacent to an activating group) is 1. The minimum Gasteiger partial charge on any atom is -0.492 e. The van der Waals surface area contributed by atoms with Crippen LogP contribution in [0.25, 0.3) is 28.3 Å². The third-order valence-electron chi connectivity index (χ3n) is 6.71. The lowest BCUT2D eigenvalue weighted by molar-refractivity contribution is 0.102. The number of halogens is 2. The van der Waals surface area contributed by atoms with Crippen LogP contribution in [0.3, 0.4) is 0 Å². The highest BCUT2D eigenvalue weighted by Gasteiger charge is 2.19. The lowest BCUT2D eigenvalue weighted by atomic mass is 10.0. The molecule has 0 aliphatic carbocycles. The Morgan fingerprint density at radius 1 is 0.977 bits per heavy atom. The van der Waals surface area contributed by atoms with Gasteiger partial charge in [-0.05, 0) is 67.7 Å². The van der Waals surface area contributed by atoms with Crippen molar-refractivity contribution >= 4 is 40.5 Å². The molecule has 6 aromatic rings. The SMILES string of the molecule is CNCCOc1cccc(Nc2nccc(-c3c(-c4cccc(C(=O)Nc5cc(Cl)ccc5F)c4)nc4ccccn34)n2)c1. The Kier molecular flexibility index (Phi) is 8.44. The van der Waals surface area contributed by atoms with Gasteiger partial charge in [-0.3, -0.25) is 9.20 Å².